The molecule has 3 nitrogen and oxygen atoms in total. The number of hydrogen-bond acceptors (Lipinski definition) is 3. The second-order valence-corrected chi connectivity index (χ2v) is 4.00. The lowest BCUT2D eigenvalue weighted by atomic mass is 10.2. The number of benzene rings is 1. The predicted molar refractivity (Wildman–Crippen MR) is 67.9 cm³/mol. The summed E-state index contributed by atoms with van der Waals surface area (Å²) in [5, 5.41) is 0.663. The minimum atomic E-state index is 0.401. The highest BCUT2D eigenvalue weighted by Crippen LogP contribution is 2.23. The Hall–Kier alpha value is -1.58. The molecule has 0 saturated carbocycles. The van der Waals surface area contributed by atoms with Crippen LogP contribution in [0.4, 0.5) is 0 Å². The first-order chi connectivity index (χ1) is 8.29. The number of halogens is 1. The molecule has 2 N–H and O–H groups in total. The van der Waals surface area contributed by atoms with E-state index in [1.54, 1.807) is 12.3 Å². The molecule has 1 aromatic carbocycles. The number of hydrogen-bond donors (Lipinski definition) is 1. The molecule has 0 unspecified atom stereocenters. The Labute approximate surface area is 105 Å². The van der Waals surface area contributed by atoms with Gasteiger partial charge in [-0.1, -0.05) is 17.7 Å². The second kappa shape index (κ2) is 5.66. The van der Waals surface area contributed by atoms with Gasteiger partial charge in [0.1, 0.15) is 12.4 Å². The zero-order chi connectivity index (χ0) is 12.1. The molecule has 17 heavy (non-hydrogen) atoms. The fraction of sp³-hybridized carbons (Fsp3) is 0.154. The number of aromatic nitrogens is 1. The first kappa shape index (κ1) is 11.9. The fourth-order valence-electron chi connectivity index (χ4n) is 1.48. The summed E-state index contributed by atoms with van der Waals surface area (Å²) in [4.78, 5) is 4.18. The monoisotopic (exact) mass is 248 g/mol. The van der Waals surface area contributed by atoms with Crippen molar-refractivity contribution in [2.24, 2.45) is 5.73 Å². The van der Waals surface area contributed by atoms with Crippen LogP contribution in [0.3, 0.4) is 0 Å². The van der Waals surface area contributed by atoms with Crippen molar-refractivity contribution in [2.75, 3.05) is 0 Å². The highest BCUT2D eigenvalue weighted by molar-refractivity contribution is 6.30. The van der Waals surface area contributed by atoms with Crippen molar-refractivity contribution in [1.29, 1.82) is 0 Å². The topological polar surface area (TPSA) is 48.1 Å². The molecule has 0 saturated heterocycles. The van der Waals surface area contributed by atoms with Gasteiger partial charge in [0.15, 0.2) is 0 Å². The summed E-state index contributed by atoms with van der Waals surface area (Å²) in [6, 6.07) is 11.1. The van der Waals surface area contributed by atoms with Crippen LogP contribution in [-0.2, 0) is 13.2 Å². The molecular weight excluding hydrogens is 236 g/mol. The van der Waals surface area contributed by atoms with Gasteiger partial charge in [0.2, 0.25) is 0 Å². The second-order valence-electron chi connectivity index (χ2n) is 3.57. The number of ether oxygens (including phenoxy) is 1. The van der Waals surface area contributed by atoms with Gasteiger partial charge in [-0.05, 0) is 30.3 Å². The van der Waals surface area contributed by atoms with E-state index < -0.39 is 0 Å². The Kier molecular flexibility index (Phi) is 3.96. The third kappa shape index (κ3) is 3.19. The summed E-state index contributed by atoms with van der Waals surface area (Å²) < 4.78 is 5.67. The van der Waals surface area contributed by atoms with Crippen molar-refractivity contribution < 1.29 is 4.74 Å². The van der Waals surface area contributed by atoms with Gasteiger partial charge in [-0.15, -0.1) is 0 Å². The highest BCUT2D eigenvalue weighted by Gasteiger charge is 2.03. The van der Waals surface area contributed by atoms with Gasteiger partial charge in [0, 0.05) is 23.3 Å². The minimum absolute atomic E-state index is 0.401. The van der Waals surface area contributed by atoms with Crippen LogP contribution in [-0.4, -0.2) is 4.98 Å². The van der Waals surface area contributed by atoms with E-state index >= 15 is 0 Å². The van der Waals surface area contributed by atoms with Gasteiger partial charge in [-0.2, -0.15) is 0 Å². The zero-order valence-corrected chi connectivity index (χ0v) is 10.0. The Bertz CT molecular complexity index is 488. The van der Waals surface area contributed by atoms with Crippen LogP contribution < -0.4 is 10.5 Å². The first-order valence-electron chi connectivity index (χ1n) is 5.31. The molecule has 88 valence electrons. The summed E-state index contributed by atoms with van der Waals surface area (Å²) in [5.41, 5.74) is 7.41. The van der Waals surface area contributed by atoms with Crippen molar-refractivity contribution in [3.63, 3.8) is 0 Å². The molecule has 0 atom stereocenters. The zero-order valence-electron chi connectivity index (χ0n) is 9.27. The van der Waals surface area contributed by atoms with Crippen LogP contribution in [0.25, 0.3) is 0 Å². The molecule has 0 aliphatic heterocycles. The first-order valence-corrected chi connectivity index (χ1v) is 5.68. The van der Waals surface area contributed by atoms with E-state index in [1.807, 2.05) is 30.3 Å². The molecule has 0 aliphatic rings. The quantitative estimate of drug-likeness (QED) is 0.905. The molecule has 1 heterocycles. The van der Waals surface area contributed by atoms with Crippen LogP contribution in [0.1, 0.15) is 11.3 Å². The lowest BCUT2D eigenvalue weighted by Crippen LogP contribution is -2.03. The fourth-order valence-corrected chi connectivity index (χ4v) is 1.68. The van der Waals surface area contributed by atoms with Crippen molar-refractivity contribution in [2.45, 2.75) is 13.2 Å². The molecule has 0 fully saturated rings. The van der Waals surface area contributed by atoms with Crippen molar-refractivity contribution in [3.8, 4) is 5.75 Å². The molecule has 0 aliphatic carbocycles. The Morgan fingerprint density at radius 1 is 1.24 bits per heavy atom. The third-order valence-electron chi connectivity index (χ3n) is 2.34. The number of rotatable bonds is 4. The van der Waals surface area contributed by atoms with E-state index in [-0.39, 0.29) is 0 Å². The Balaban J connectivity index is 2.09. The molecule has 0 bridgehead atoms. The average Bonchev–Trinajstić information content (AvgIpc) is 2.38. The van der Waals surface area contributed by atoms with Crippen LogP contribution in [0, 0.1) is 0 Å². The summed E-state index contributed by atoms with van der Waals surface area (Å²) in [5.74, 6) is 0.752. The third-order valence-corrected chi connectivity index (χ3v) is 2.58. The van der Waals surface area contributed by atoms with Gasteiger partial charge >= 0.3 is 0 Å². The average molecular weight is 249 g/mol. The van der Waals surface area contributed by atoms with Gasteiger partial charge in [-0.25, -0.2) is 0 Å². The summed E-state index contributed by atoms with van der Waals surface area (Å²) in [7, 11) is 0. The van der Waals surface area contributed by atoms with Crippen molar-refractivity contribution >= 4 is 11.6 Å². The maximum atomic E-state index is 5.89. The predicted octanol–water partition coefficient (Wildman–Crippen LogP) is 2.77. The number of nitrogens with zero attached hydrogens (tertiary/aromatic N) is 1. The number of pyridine rings is 1. The summed E-state index contributed by atoms with van der Waals surface area (Å²) in [6.45, 7) is 0.827. The standard InChI is InChI=1S/C13H13ClN2O/c14-11-4-5-13(10(7-11)8-15)17-9-12-3-1-2-6-16-12/h1-7H,8-9,15H2. The molecule has 0 radical (unpaired) electrons. The molecule has 1 aromatic heterocycles. The van der Waals surface area contributed by atoms with Crippen LogP contribution in [0.2, 0.25) is 5.02 Å². The van der Waals surface area contributed by atoms with E-state index in [9.17, 15) is 0 Å². The molecule has 2 rings (SSSR count). The Morgan fingerprint density at radius 3 is 2.82 bits per heavy atom. The van der Waals surface area contributed by atoms with Gasteiger partial charge in [0.05, 0.1) is 5.69 Å². The summed E-state index contributed by atoms with van der Waals surface area (Å²) >= 11 is 5.89. The highest BCUT2D eigenvalue weighted by atomic mass is 35.5. The molecule has 0 spiro atoms. The maximum absolute atomic E-state index is 5.89. The van der Waals surface area contributed by atoms with Crippen molar-refractivity contribution in [3.05, 3.63) is 58.9 Å². The van der Waals surface area contributed by atoms with E-state index in [4.69, 9.17) is 22.1 Å². The smallest absolute Gasteiger partial charge is 0.130 e. The van der Waals surface area contributed by atoms with Gasteiger partial charge < -0.3 is 10.5 Å². The summed E-state index contributed by atoms with van der Waals surface area (Å²) in [6.07, 6.45) is 1.74. The SMILES string of the molecule is NCc1cc(Cl)ccc1OCc1ccccn1. The molecule has 0 amide bonds. The lowest BCUT2D eigenvalue weighted by molar-refractivity contribution is 0.298. The maximum Gasteiger partial charge on any atom is 0.130 e. The molecular formula is C13H13ClN2O. The minimum Gasteiger partial charge on any atom is -0.487 e. The number of nitrogens with two attached hydrogens (primary N) is 1. The van der Waals surface area contributed by atoms with E-state index in [1.165, 1.54) is 0 Å². The molecule has 2 aromatic rings. The van der Waals surface area contributed by atoms with Crippen LogP contribution >= 0.6 is 11.6 Å². The van der Waals surface area contributed by atoms with Crippen LogP contribution in [0.15, 0.2) is 42.6 Å². The van der Waals surface area contributed by atoms with Crippen LogP contribution in [0.5, 0.6) is 5.75 Å². The van der Waals surface area contributed by atoms with E-state index in [0.29, 0.717) is 18.2 Å². The molecule has 4 heteroatoms. The van der Waals surface area contributed by atoms with Gasteiger partial charge in [-0.3, -0.25) is 4.98 Å². The van der Waals surface area contributed by atoms with E-state index in [0.717, 1.165) is 17.0 Å². The van der Waals surface area contributed by atoms with Crippen molar-refractivity contribution in [1.82, 2.24) is 4.98 Å². The van der Waals surface area contributed by atoms with Gasteiger partial charge in [0.25, 0.3) is 0 Å². The largest absolute Gasteiger partial charge is 0.487 e. The van der Waals surface area contributed by atoms with E-state index in [2.05, 4.69) is 4.98 Å². The normalized spacial score (nSPS) is 10.2. The lowest BCUT2D eigenvalue weighted by Gasteiger charge is -2.10. The Morgan fingerprint density at radius 2 is 2.12 bits per heavy atom.